The third kappa shape index (κ3) is 36.7. The quantitative estimate of drug-likeness (QED) is 0.0351. The highest BCUT2D eigenvalue weighted by atomic mass is 32.2. The van der Waals surface area contributed by atoms with Gasteiger partial charge in [-0.25, -0.2) is 13.2 Å². The second-order valence-corrected chi connectivity index (χ2v) is 19.9. The third-order valence-corrected chi connectivity index (χ3v) is 13.3. The Kier molecular flexibility index (Phi) is 36.8. The van der Waals surface area contributed by atoms with Gasteiger partial charge < -0.3 is 25.6 Å². The van der Waals surface area contributed by atoms with E-state index in [9.17, 15) is 52.2 Å². The van der Waals surface area contributed by atoms with Crippen molar-refractivity contribution in [2.75, 3.05) is 26.0 Å². The van der Waals surface area contributed by atoms with Crippen LogP contribution in [0.15, 0.2) is 0 Å². The average Bonchev–Trinajstić information content (AvgIpc) is 3.81. The number of carbonyl (C=O) groups is 7. The number of hydrogen-bond acceptors (Lipinski definition) is 13. The smallest absolute Gasteiger partial charge is 0.326 e. The maximum Gasteiger partial charge on any atom is 0.326 e. The van der Waals surface area contributed by atoms with Crippen molar-refractivity contribution >= 4 is 51.2 Å². The Morgan fingerprint density at radius 2 is 1.10 bits per heavy atom. The van der Waals surface area contributed by atoms with E-state index in [-0.39, 0.29) is 87.4 Å². The van der Waals surface area contributed by atoms with Gasteiger partial charge in [0.2, 0.25) is 27.7 Å². The maximum atomic E-state index is 12.5. The zero-order valence-electron chi connectivity index (χ0n) is 41.0. The number of aromatic amines is 1. The molecule has 0 radical (unpaired) electrons. The number of nitrogens with zero attached hydrogens (tertiary/aromatic N) is 3. The minimum atomic E-state index is -3.78. The summed E-state index contributed by atoms with van der Waals surface area (Å²) in [6, 6.07) is -1.27. The number of ketones is 2. The molecule has 1 rings (SSSR count). The molecule has 0 bridgehead atoms. The first kappa shape index (κ1) is 61.7. The molecule has 0 aliphatic carbocycles. The highest BCUT2D eigenvalue weighted by molar-refractivity contribution is 7.90. The van der Waals surface area contributed by atoms with Crippen molar-refractivity contribution in [2.45, 2.75) is 224 Å². The Hall–Kier alpha value is -4.33. The largest absolute Gasteiger partial charge is 0.481 e. The molecule has 0 aromatic carbocycles. The van der Waals surface area contributed by atoms with Gasteiger partial charge >= 0.3 is 11.9 Å². The molecule has 0 spiro atoms. The average molecular weight is 984 g/mol. The van der Waals surface area contributed by atoms with E-state index in [1.807, 2.05) is 0 Å². The van der Waals surface area contributed by atoms with E-state index in [4.69, 9.17) is 4.74 Å². The summed E-state index contributed by atoms with van der Waals surface area (Å²) in [6.45, 7) is 0.932. The fourth-order valence-corrected chi connectivity index (χ4v) is 8.94. The van der Waals surface area contributed by atoms with Crippen molar-refractivity contribution < 1.29 is 56.9 Å². The first-order chi connectivity index (χ1) is 32.7. The lowest BCUT2D eigenvalue weighted by atomic mass is 9.94. The van der Waals surface area contributed by atoms with E-state index in [0.29, 0.717) is 32.4 Å². The second-order valence-electron chi connectivity index (χ2n) is 18.1. The number of Topliss-reactive ketones (excluding diaryl/α,β-unsaturated/α-hetero) is 2. The van der Waals surface area contributed by atoms with Crippen LogP contribution >= 0.6 is 0 Å². The van der Waals surface area contributed by atoms with E-state index in [1.165, 1.54) is 58.5 Å². The summed E-state index contributed by atoms with van der Waals surface area (Å²) >= 11 is 0. The van der Waals surface area contributed by atoms with Crippen LogP contribution in [0.4, 0.5) is 0 Å². The molecule has 68 heavy (non-hydrogen) atoms. The molecule has 0 fully saturated rings. The number of carboxylic acids is 2. The fraction of sp³-hybridized carbons (Fsp3) is 0.833. The zero-order chi connectivity index (χ0) is 50.1. The predicted octanol–water partition coefficient (Wildman–Crippen LogP) is 7.23. The third-order valence-electron chi connectivity index (χ3n) is 11.9. The van der Waals surface area contributed by atoms with Crippen molar-refractivity contribution in [2.24, 2.45) is 5.92 Å². The number of aliphatic carboxylic acids is 2. The lowest BCUT2D eigenvalue weighted by Crippen LogP contribution is -2.41. The van der Waals surface area contributed by atoms with Crippen LogP contribution in [0.2, 0.25) is 0 Å². The van der Waals surface area contributed by atoms with Gasteiger partial charge in [-0.2, -0.15) is 5.21 Å². The van der Waals surface area contributed by atoms with Gasteiger partial charge in [-0.3, -0.25) is 33.5 Å². The molecule has 0 saturated heterocycles. The van der Waals surface area contributed by atoms with Crippen LogP contribution in [0, 0.1) is 5.92 Å². The van der Waals surface area contributed by atoms with Crippen LogP contribution in [0.5, 0.6) is 0 Å². The summed E-state index contributed by atoms with van der Waals surface area (Å²) in [5.41, 5.74) is 0. The van der Waals surface area contributed by atoms with Gasteiger partial charge in [0.05, 0.1) is 11.7 Å². The number of amides is 3. The maximum absolute atomic E-state index is 12.5. The van der Waals surface area contributed by atoms with Gasteiger partial charge in [0.1, 0.15) is 17.6 Å². The summed E-state index contributed by atoms with van der Waals surface area (Å²) < 4.78 is 31.7. The summed E-state index contributed by atoms with van der Waals surface area (Å²) in [5.74, 6) is -4.68. The van der Waals surface area contributed by atoms with Crippen molar-refractivity contribution in [3.63, 3.8) is 0 Å². The molecular formula is C48H85N7O12S. The number of tetrazole rings is 1. The van der Waals surface area contributed by atoms with Crippen molar-refractivity contribution in [3.05, 3.63) is 5.82 Å². The molecule has 390 valence electrons. The topological polar surface area (TPSA) is 294 Å². The number of carboxylic acid groups (broad SMARTS) is 2. The number of hydrogen-bond donors (Lipinski definition) is 6. The number of aryl methyl sites for hydroxylation is 1. The van der Waals surface area contributed by atoms with E-state index in [0.717, 1.165) is 89.3 Å². The van der Waals surface area contributed by atoms with Gasteiger partial charge in [0.15, 0.2) is 5.82 Å². The zero-order valence-corrected chi connectivity index (χ0v) is 41.9. The second kappa shape index (κ2) is 40.5. The number of aromatic nitrogens is 4. The van der Waals surface area contributed by atoms with Crippen LogP contribution in [0.1, 0.15) is 218 Å². The molecule has 3 amide bonds. The summed E-state index contributed by atoms with van der Waals surface area (Å²) in [7, 11) is -2.26. The monoisotopic (exact) mass is 984 g/mol. The number of unbranched alkanes of at least 4 members (excludes halogenated alkanes) is 20. The molecule has 0 aliphatic rings. The van der Waals surface area contributed by atoms with Crippen molar-refractivity contribution in [1.29, 1.82) is 0 Å². The number of rotatable bonds is 48. The molecule has 1 unspecified atom stereocenters. The molecule has 0 saturated carbocycles. The van der Waals surface area contributed by atoms with Gasteiger partial charge in [-0.15, -0.1) is 10.2 Å². The Bertz CT molecular complexity index is 1660. The Labute approximate surface area is 405 Å². The SMILES string of the molecule is COCCCC(=O)CCC(NC(=O)CC[C@H](CC(=O)CCCCCCCCCCCNC(=O)CCCS(=O)(=O)NC(=O)CCCCCCCCCCCCCCCc1nn[nH]n1)C(=O)O)C(=O)O. The molecule has 0 aliphatic heterocycles. The van der Waals surface area contributed by atoms with E-state index < -0.39 is 45.7 Å². The minimum Gasteiger partial charge on any atom is -0.481 e. The molecule has 19 nitrogen and oxygen atoms in total. The lowest BCUT2D eigenvalue weighted by Gasteiger charge is -2.16. The van der Waals surface area contributed by atoms with Crippen LogP contribution in [0.25, 0.3) is 0 Å². The highest BCUT2D eigenvalue weighted by Gasteiger charge is 2.25. The standard InChI is InChI=1S/C48H85N7O12S/c1-67-36-24-27-40(56)32-33-42(48(63)64)50-45(59)34-31-39(47(61)62)38-41(57)26-20-16-12-8-7-11-15-19-23-35-49-44(58)30-25-37-68(65,66)53-46(60)29-22-18-14-10-6-4-2-3-5-9-13-17-21-28-43-51-54-55-52-43/h39,42H,2-38H2,1H3,(H,49,58)(H,50,59)(H,53,60)(H,61,62)(H,63,64)(H,51,52,54,55)/t39-,42?/m1/s1. The van der Waals surface area contributed by atoms with Crippen LogP contribution < -0.4 is 15.4 Å². The van der Waals surface area contributed by atoms with Crippen LogP contribution in [-0.2, 0) is 54.7 Å². The molecule has 6 N–H and O–H groups in total. The van der Waals surface area contributed by atoms with Crippen molar-refractivity contribution in [1.82, 2.24) is 36.0 Å². The number of carbonyl (C=O) groups excluding carboxylic acids is 5. The summed E-state index contributed by atoms with van der Waals surface area (Å²) in [5, 5.41) is 38.2. The molecule has 2 atom stereocenters. The van der Waals surface area contributed by atoms with Crippen LogP contribution in [-0.4, -0.2) is 113 Å². The van der Waals surface area contributed by atoms with Gasteiger partial charge in [-0.05, 0) is 51.4 Å². The molecule has 1 aromatic heterocycles. The first-order valence-corrected chi connectivity index (χ1v) is 27.2. The number of sulfonamides is 1. The summed E-state index contributed by atoms with van der Waals surface area (Å²) in [6.07, 6.45) is 24.6. The van der Waals surface area contributed by atoms with Gasteiger partial charge in [-0.1, -0.05) is 121 Å². The fourth-order valence-electron chi connectivity index (χ4n) is 7.86. The molecular weight excluding hydrogens is 899 g/mol. The Balaban J connectivity index is 1.98. The number of H-pyrrole nitrogens is 1. The summed E-state index contributed by atoms with van der Waals surface area (Å²) in [4.78, 5) is 84.6. The molecule has 1 aromatic rings. The van der Waals surface area contributed by atoms with Gasteiger partial charge in [0, 0.05) is 71.6 Å². The number of ether oxygens (including phenoxy) is 1. The number of methoxy groups -OCH3 is 1. The normalized spacial score (nSPS) is 12.3. The van der Waals surface area contributed by atoms with E-state index >= 15 is 0 Å². The lowest BCUT2D eigenvalue weighted by molar-refractivity contribution is -0.145. The molecule has 1 heterocycles. The van der Waals surface area contributed by atoms with Crippen LogP contribution in [0.3, 0.4) is 0 Å². The predicted molar refractivity (Wildman–Crippen MR) is 258 cm³/mol. The minimum absolute atomic E-state index is 0.0143. The number of nitrogens with one attached hydrogen (secondary N) is 4. The van der Waals surface area contributed by atoms with Gasteiger partial charge in [0.25, 0.3) is 0 Å². The first-order valence-electron chi connectivity index (χ1n) is 25.5. The van der Waals surface area contributed by atoms with Crippen molar-refractivity contribution in [3.8, 4) is 0 Å². The molecule has 20 heteroatoms. The van der Waals surface area contributed by atoms with E-state index in [2.05, 4.69) is 36.0 Å². The highest BCUT2D eigenvalue weighted by Crippen LogP contribution is 2.18. The van der Waals surface area contributed by atoms with E-state index in [1.54, 1.807) is 0 Å². The Morgan fingerprint density at radius 3 is 1.65 bits per heavy atom. The Morgan fingerprint density at radius 1 is 0.574 bits per heavy atom.